The fourth-order valence-corrected chi connectivity index (χ4v) is 7.98. The number of furan rings is 1. The zero-order valence-corrected chi connectivity index (χ0v) is 29.9. The number of carbonyl (C=O) groups excluding carboxylic acids is 2. The number of benzene rings is 3. The Labute approximate surface area is 298 Å². The van der Waals surface area contributed by atoms with Crippen LogP contribution in [0.2, 0.25) is 0 Å². The van der Waals surface area contributed by atoms with Crippen LogP contribution in [-0.4, -0.2) is 85.1 Å². The number of methoxy groups -OCH3 is 3. The molecule has 3 aromatic carbocycles. The van der Waals surface area contributed by atoms with Crippen LogP contribution in [0, 0.1) is 12.8 Å². The highest BCUT2D eigenvalue weighted by Crippen LogP contribution is 2.43. The predicted octanol–water partition coefficient (Wildman–Crippen LogP) is 6.78. The molecule has 7 rings (SSSR count). The summed E-state index contributed by atoms with van der Waals surface area (Å²) in [7, 11) is 4.65. The van der Waals surface area contributed by atoms with Gasteiger partial charge in [-0.15, -0.1) is 0 Å². The van der Waals surface area contributed by atoms with Gasteiger partial charge in [-0.25, -0.2) is 4.98 Å². The number of aryl methyl sites for hydroxylation is 1. The number of rotatable bonds is 12. The fourth-order valence-electron chi connectivity index (χ4n) is 7.98. The van der Waals surface area contributed by atoms with Crippen molar-refractivity contribution < 1.29 is 28.2 Å². The second-order valence-electron chi connectivity index (χ2n) is 13.8. The van der Waals surface area contributed by atoms with Crippen molar-refractivity contribution in [3.8, 4) is 17.2 Å². The largest absolute Gasteiger partial charge is 0.493 e. The topological polar surface area (TPSA) is 99.3 Å². The van der Waals surface area contributed by atoms with Gasteiger partial charge in [0.05, 0.1) is 44.5 Å². The lowest BCUT2D eigenvalue weighted by atomic mass is 9.76. The van der Waals surface area contributed by atoms with Gasteiger partial charge >= 0.3 is 0 Å². The third-order valence-corrected chi connectivity index (χ3v) is 10.8. The Morgan fingerprint density at radius 1 is 0.863 bits per heavy atom. The third-order valence-electron chi connectivity index (χ3n) is 10.8. The summed E-state index contributed by atoms with van der Waals surface area (Å²) < 4.78 is 24.6. The van der Waals surface area contributed by atoms with Crippen molar-refractivity contribution in [2.75, 3.05) is 54.1 Å². The predicted molar refractivity (Wildman–Crippen MR) is 195 cm³/mol. The van der Waals surface area contributed by atoms with Gasteiger partial charge in [-0.05, 0) is 94.2 Å². The van der Waals surface area contributed by atoms with Crippen LogP contribution in [0.5, 0.6) is 17.2 Å². The molecular weight excluding hydrogens is 644 g/mol. The quantitative estimate of drug-likeness (QED) is 0.132. The number of ether oxygens (including phenoxy) is 3. The minimum atomic E-state index is -0.192. The van der Waals surface area contributed by atoms with E-state index in [-0.39, 0.29) is 23.0 Å². The van der Waals surface area contributed by atoms with E-state index in [2.05, 4.69) is 29.2 Å². The van der Waals surface area contributed by atoms with E-state index in [1.165, 1.54) is 5.56 Å². The molecule has 2 saturated heterocycles. The molecule has 1 atom stereocenters. The first-order valence-electron chi connectivity index (χ1n) is 17.7. The van der Waals surface area contributed by atoms with Crippen LogP contribution in [0.1, 0.15) is 63.7 Å². The summed E-state index contributed by atoms with van der Waals surface area (Å²) >= 11 is 0. The minimum Gasteiger partial charge on any atom is -0.493 e. The van der Waals surface area contributed by atoms with E-state index in [0.717, 1.165) is 67.9 Å². The van der Waals surface area contributed by atoms with Crippen molar-refractivity contribution in [3.63, 3.8) is 0 Å². The first-order valence-corrected chi connectivity index (χ1v) is 17.7. The summed E-state index contributed by atoms with van der Waals surface area (Å²) in [4.78, 5) is 37.3. The van der Waals surface area contributed by atoms with Gasteiger partial charge in [0.2, 0.25) is 11.5 Å². The summed E-state index contributed by atoms with van der Waals surface area (Å²) in [6.45, 7) is 6.20. The zero-order valence-electron chi connectivity index (χ0n) is 29.9. The first-order chi connectivity index (χ1) is 24.8. The van der Waals surface area contributed by atoms with E-state index in [1.807, 2.05) is 58.9 Å². The highest BCUT2D eigenvalue weighted by atomic mass is 16.5. The molecule has 10 heteroatoms. The molecule has 0 saturated carbocycles. The number of fused-ring (bicyclic) bond motifs is 1. The molecule has 4 heterocycles. The van der Waals surface area contributed by atoms with E-state index < -0.39 is 0 Å². The summed E-state index contributed by atoms with van der Waals surface area (Å²) in [5.41, 5.74) is 3.27. The van der Waals surface area contributed by atoms with Gasteiger partial charge in [-0.1, -0.05) is 42.5 Å². The lowest BCUT2D eigenvalue weighted by molar-refractivity contribution is 0.0774. The lowest BCUT2D eigenvalue weighted by Crippen LogP contribution is -2.41. The third kappa shape index (κ3) is 6.72. The van der Waals surface area contributed by atoms with E-state index in [0.29, 0.717) is 48.3 Å². The molecule has 1 amide bonds. The van der Waals surface area contributed by atoms with Crippen LogP contribution in [0.3, 0.4) is 0 Å². The Hall–Kier alpha value is -5.09. The molecule has 266 valence electrons. The molecular formula is C41H46N4O6. The number of hydrogen-bond donors (Lipinski definition) is 0. The van der Waals surface area contributed by atoms with E-state index in [4.69, 9.17) is 23.6 Å². The Morgan fingerprint density at radius 3 is 2.31 bits per heavy atom. The maximum Gasteiger partial charge on any atom is 0.257 e. The number of para-hydroxylation sites is 2. The Kier molecular flexibility index (Phi) is 9.86. The van der Waals surface area contributed by atoms with Gasteiger partial charge in [-0.2, -0.15) is 0 Å². The Morgan fingerprint density at radius 2 is 1.61 bits per heavy atom. The van der Waals surface area contributed by atoms with E-state index in [9.17, 15) is 9.59 Å². The normalized spacial score (nSPS) is 18.3. The van der Waals surface area contributed by atoms with Crippen molar-refractivity contribution in [1.82, 2.24) is 19.4 Å². The Bertz CT molecular complexity index is 2010. The number of nitrogens with zero attached hydrogens (tertiary/aromatic N) is 4. The van der Waals surface area contributed by atoms with Crippen LogP contribution in [0.15, 0.2) is 83.3 Å². The van der Waals surface area contributed by atoms with Crippen LogP contribution in [-0.2, 0) is 12.0 Å². The molecule has 0 bridgehead atoms. The molecule has 2 aliphatic rings. The Balaban J connectivity index is 1.04. The molecule has 0 aliphatic carbocycles. The fraction of sp³-hybridized carbons (Fsp3) is 0.390. The number of piperidine rings is 1. The molecule has 2 fully saturated rings. The van der Waals surface area contributed by atoms with Crippen molar-refractivity contribution >= 4 is 22.7 Å². The lowest BCUT2D eigenvalue weighted by Gasteiger charge is -2.36. The average molecular weight is 691 g/mol. The first kappa shape index (κ1) is 34.4. The monoisotopic (exact) mass is 690 g/mol. The van der Waals surface area contributed by atoms with Crippen LogP contribution in [0.25, 0.3) is 11.0 Å². The molecule has 1 unspecified atom stereocenters. The second-order valence-corrected chi connectivity index (χ2v) is 13.8. The SMILES string of the molecule is COc1ccc(C(=O)N2CCC(CCN3CCC(C(=O)c4nc5ccccc5n4Cc4ccc(C)o4)CC3)(c3ccccc3)C2)c(OC)c1OC. The number of imidazole rings is 1. The van der Waals surface area contributed by atoms with Gasteiger partial charge in [0.25, 0.3) is 5.91 Å². The standard InChI is InChI=1S/C41H46N4O6/c1-28-14-15-31(51-28)26-45-34-13-9-8-12-33(34)42-39(45)36(46)29-18-22-43(23-19-29)24-20-41(30-10-6-5-7-11-30)21-25-44(27-41)40(47)32-16-17-35(48-2)38(50-4)37(32)49-3/h5-17,29H,18-27H2,1-4H3. The smallest absolute Gasteiger partial charge is 0.257 e. The molecule has 10 nitrogen and oxygen atoms in total. The second kappa shape index (κ2) is 14.6. The number of carbonyl (C=O) groups is 2. The van der Waals surface area contributed by atoms with Gasteiger partial charge in [-0.3, -0.25) is 9.59 Å². The molecule has 0 spiro atoms. The number of aromatic nitrogens is 2. The van der Waals surface area contributed by atoms with E-state index >= 15 is 0 Å². The van der Waals surface area contributed by atoms with E-state index in [1.54, 1.807) is 33.5 Å². The van der Waals surface area contributed by atoms with Crippen molar-refractivity contribution in [1.29, 1.82) is 0 Å². The minimum absolute atomic E-state index is 0.0851. The highest BCUT2D eigenvalue weighted by molar-refractivity contribution is 5.99. The van der Waals surface area contributed by atoms with Crippen LogP contribution >= 0.6 is 0 Å². The van der Waals surface area contributed by atoms with Crippen LogP contribution in [0.4, 0.5) is 0 Å². The zero-order chi connectivity index (χ0) is 35.5. The van der Waals surface area contributed by atoms with Gasteiger partial charge in [0, 0.05) is 24.4 Å². The average Bonchev–Trinajstić information content (AvgIpc) is 3.91. The van der Waals surface area contributed by atoms with Crippen molar-refractivity contribution in [2.45, 2.75) is 44.6 Å². The molecule has 2 aliphatic heterocycles. The molecule has 0 N–H and O–H groups in total. The highest BCUT2D eigenvalue weighted by Gasteiger charge is 2.42. The summed E-state index contributed by atoms with van der Waals surface area (Å²) in [6, 6.07) is 25.9. The van der Waals surface area contributed by atoms with Crippen molar-refractivity contribution in [3.05, 3.63) is 107 Å². The number of Topliss-reactive ketones (excluding diaryl/α,β-unsaturated/α-hetero) is 1. The number of ketones is 1. The number of hydrogen-bond acceptors (Lipinski definition) is 8. The van der Waals surface area contributed by atoms with Crippen LogP contribution < -0.4 is 14.2 Å². The van der Waals surface area contributed by atoms with Gasteiger partial charge in [0.1, 0.15) is 11.5 Å². The van der Waals surface area contributed by atoms with Gasteiger partial charge in [0.15, 0.2) is 17.3 Å². The summed E-state index contributed by atoms with van der Waals surface area (Å²) in [6.07, 6.45) is 3.33. The van der Waals surface area contributed by atoms with Gasteiger partial charge < -0.3 is 33.0 Å². The molecule has 5 aromatic rings. The number of likely N-dealkylation sites (tertiary alicyclic amines) is 2. The molecule has 51 heavy (non-hydrogen) atoms. The molecule has 2 aromatic heterocycles. The maximum absolute atomic E-state index is 14.0. The summed E-state index contributed by atoms with van der Waals surface area (Å²) in [5, 5.41) is 0. The molecule has 0 radical (unpaired) electrons. The summed E-state index contributed by atoms with van der Waals surface area (Å²) in [5.74, 6) is 3.39. The number of amides is 1. The maximum atomic E-state index is 14.0. The van der Waals surface area contributed by atoms with Crippen molar-refractivity contribution in [2.24, 2.45) is 5.92 Å².